The Morgan fingerprint density at radius 2 is 2.40 bits per heavy atom. The van der Waals surface area contributed by atoms with Gasteiger partial charge in [0.05, 0.1) is 6.20 Å². The van der Waals surface area contributed by atoms with Crippen molar-refractivity contribution in [2.75, 3.05) is 0 Å². The summed E-state index contributed by atoms with van der Waals surface area (Å²) < 4.78 is 1.69. The monoisotopic (exact) mass is 203 g/mol. The predicted octanol–water partition coefficient (Wildman–Crippen LogP) is 1.40. The maximum absolute atomic E-state index is 11.9. The minimum Gasteiger partial charge on any atom is -0.293 e. The Labute approximate surface area is 88.2 Å². The van der Waals surface area contributed by atoms with Crippen LogP contribution in [0, 0.1) is 11.3 Å². The molecular formula is C11H13N3O. The van der Waals surface area contributed by atoms with E-state index >= 15 is 0 Å². The number of fused-ring (bicyclic) bond motifs is 1. The lowest BCUT2D eigenvalue weighted by Crippen LogP contribution is -2.28. The summed E-state index contributed by atoms with van der Waals surface area (Å²) in [6, 6.07) is 2.05. The number of hydrogen-bond donors (Lipinski definition) is 0. The van der Waals surface area contributed by atoms with Gasteiger partial charge in [0.1, 0.15) is 17.5 Å². The van der Waals surface area contributed by atoms with Crippen LogP contribution in [-0.2, 0) is 6.42 Å². The predicted molar refractivity (Wildman–Crippen MR) is 55.5 cm³/mol. The number of aryl methyl sites for hydroxylation is 1. The Hall–Kier alpha value is -1.63. The van der Waals surface area contributed by atoms with Crippen LogP contribution in [0.3, 0.4) is 0 Å². The molecule has 0 aromatic carbocycles. The van der Waals surface area contributed by atoms with E-state index in [4.69, 9.17) is 5.26 Å². The largest absolute Gasteiger partial charge is 0.293 e. The molecule has 1 atom stereocenters. The second-order valence-electron chi connectivity index (χ2n) is 3.97. The van der Waals surface area contributed by atoms with Crippen LogP contribution >= 0.6 is 0 Å². The Bertz CT molecular complexity index is 470. The van der Waals surface area contributed by atoms with Gasteiger partial charge in [0.15, 0.2) is 0 Å². The van der Waals surface area contributed by atoms with E-state index in [1.54, 1.807) is 4.57 Å². The smallest absolute Gasteiger partial charge is 0.271 e. The van der Waals surface area contributed by atoms with Crippen LogP contribution in [0.2, 0.25) is 0 Å². The summed E-state index contributed by atoms with van der Waals surface area (Å²) in [6.45, 7) is 2.01. The molecule has 0 amide bonds. The summed E-state index contributed by atoms with van der Waals surface area (Å²) in [7, 11) is 0. The van der Waals surface area contributed by atoms with Gasteiger partial charge in [-0.25, -0.2) is 4.98 Å². The van der Waals surface area contributed by atoms with E-state index in [0.717, 1.165) is 31.5 Å². The quantitative estimate of drug-likeness (QED) is 0.640. The average Bonchev–Trinajstić information content (AvgIpc) is 2.41. The molecule has 4 heteroatoms. The molecule has 0 bridgehead atoms. The van der Waals surface area contributed by atoms with E-state index in [1.807, 2.05) is 13.0 Å². The Balaban J connectivity index is 2.63. The van der Waals surface area contributed by atoms with Crippen molar-refractivity contribution in [2.24, 2.45) is 0 Å². The maximum atomic E-state index is 11.9. The summed E-state index contributed by atoms with van der Waals surface area (Å²) >= 11 is 0. The normalized spacial score (nSPS) is 20.1. The molecule has 0 spiro atoms. The maximum Gasteiger partial charge on any atom is 0.271 e. The van der Waals surface area contributed by atoms with E-state index in [1.165, 1.54) is 6.20 Å². The highest BCUT2D eigenvalue weighted by molar-refractivity contribution is 5.23. The minimum atomic E-state index is -0.183. The molecule has 1 aromatic heterocycles. The highest BCUT2D eigenvalue weighted by Gasteiger charge is 2.17. The minimum absolute atomic E-state index is 0.146. The Morgan fingerprint density at radius 3 is 3.13 bits per heavy atom. The van der Waals surface area contributed by atoms with E-state index in [0.29, 0.717) is 0 Å². The standard InChI is InChI=1S/C11H13N3O/c1-8-4-2-3-5-10-13-7-9(6-12)11(15)14(8)10/h7-8H,2-5H2,1H3. The third kappa shape index (κ3) is 1.65. The van der Waals surface area contributed by atoms with Crippen molar-refractivity contribution in [3.05, 3.63) is 27.9 Å². The first-order valence-corrected chi connectivity index (χ1v) is 5.24. The highest BCUT2D eigenvalue weighted by Crippen LogP contribution is 2.20. The third-order valence-corrected chi connectivity index (χ3v) is 2.90. The zero-order valence-corrected chi connectivity index (χ0v) is 8.73. The van der Waals surface area contributed by atoms with Gasteiger partial charge in [0.2, 0.25) is 0 Å². The number of aromatic nitrogens is 2. The molecule has 2 heterocycles. The van der Waals surface area contributed by atoms with Gasteiger partial charge in [-0.3, -0.25) is 9.36 Å². The lowest BCUT2D eigenvalue weighted by Gasteiger charge is -2.14. The van der Waals surface area contributed by atoms with Crippen LogP contribution in [0.15, 0.2) is 11.0 Å². The average molecular weight is 203 g/mol. The number of hydrogen-bond acceptors (Lipinski definition) is 3. The fourth-order valence-corrected chi connectivity index (χ4v) is 2.07. The van der Waals surface area contributed by atoms with Crippen molar-refractivity contribution in [1.82, 2.24) is 9.55 Å². The van der Waals surface area contributed by atoms with Gasteiger partial charge < -0.3 is 0 Å². The molecule has 1 aliphatic rings. The molecule has 0 saturated heterocycles. The first-order valence-electron chi connectivity index (χ1n) is 5.24. The van der Waals surface area contributed by atoms with E-state index in [-0.39, 0.29) is 17.2 Å². The Kier molecular flexibility index (Phi) is 2.55. The van der Waals surface area contributed by atoms with Crippen LogP contribution in [-0.4, -0.2) is 9.55 Å². The molecule has 0 saturated carbocycles. The molecule has 0 aliphatic carbocycles. The fraction of sp³-hybridized carbons (Fsp3) is 0.545. The molecule has 15 heavy (non-hydrogen) atoms. The first-order chi connectivity index (χ1) is 7.24. The zero-order valence-electron chi connectivity index (χ0n) is 8.73. The second-order valence-corrected chi connectivity index (χ2v) is 3.97. The van der Waals surface area contributed by atoms with Gasteiger partial charge in [-0.2, -0.15) is 5.26 Å². The molecule has 0 radical (unpaired) electrons. The van der Waals surface area contributed by atoms with Crippen molar-refractivity contribution >= 4 is 0 Å². The van der Waals surface area contributed by atoms with E-state index in [2.05, 4.69) is 4.98 Å². The fourth-order valence-electron chi connectivity index (χ4n) is 2.07. The van der Waals surface area contributed by atoms with Crippen molar-refractivity contribution in [3.63, 3.8) is 0 Å². The van der Waals surface area contributed by atoms with Gasteiger partial charge in [0, 0.05) is 12.5 Å². The molecule has 2 rings (SSSR count). The third-order valence-electron chi connectivity index (χ3n) is 2.90. The molecule has 78 valence electrons. The lowest BCUT2D eigenvalue weighted by molar-refractivity contribution is 0.483. The highest BCUT2D eigenvalue weighted by atomic mass is 16.1. The summed E-state index contributed by atoms with van der Waals surface area (Å²) in [5.41, 5.74) is -0.0376. The van der Waals surface area contributed by atoms with Crippen LogP contribution in [0.4, 0.5) is 0 Å². The van der Waals surface area contributed by atoms with Crippen molar-refractivity contribution < 1.29 is 0 Å². The zero-order chi connectivity index (χ0) is 10.8. The van der Waals surface area contributed by atoms with Crippen LogP contribution in [0.5, 0.6) is 0 Å². The number of nitrogens with zero attached hydrogens (tertiary/aromatic N) is 3. The van der Waals surface area contributed by atoms with Gasteiger partial charge in [-0.05, 0) is 19.8 Å². The summed E-state index contributed by atoms with van der Waals surface area (Å²) in [5.74, 6) is 0.823. The van der Waals surface area contributed by atoms with Gasteiger partial charge in [-0.1, -0.05) is 6.42 Å². The molecular weight excluding hydrogens is 190 g/mol. The second kappa shape index (κ2) is 3.85. The van der Waals surface area contributed by atoms with E-state index in [9.17, 15) is 4.79 Å². The molecule has 1 unspecified atom stereocenters. The Morgan fingerprint density at radius 1 is 1.60 bits per heavy atom. The molecule has 1 aliphatic heterocycles. The molecule has 0 fully saturated rings. The van der Waals surface area contributed by atoms with Crippen molar-refractivity contribution in [1.29, 1.82) is 5.26 Å². The van der Waals surface area contributed by atoms with Crippen LogP contribution < -0.4 is 5.56 Å². The molecule has 1 aromatic rings. The topological polar surface area (TPSA) is 58.7 Å². The van der Waals surface area contributed by atoms with Crippen LogP contribution in [0.25, 0.3) is 0 Å². The van der Waals surface area contributed by atoms with Crippen molar-refractivity contribution in [2.45, 2.75) is 38.6 Å². The van der Waals surface area contributed by atoms with Gasteiger partial charge in [0.25, 0.3) is 5.56 Å². The molecule has 0 N–H and O–H groups in total. The summed E-state index contributed by atoms with van der Waals surface area (Å²) in [6.07, 6.45) is 5.41. The summed E-state index contributed by atoms with van der Waals surface area (Å²) in [4.78, 5) is 16.1. The van der Waals surface area contributed by atoms with Gasteiger partial charge in [-0.15, -0.1) is 0 Å². The summed E-state index contributed by atoms with van der Waals surface area (Å²) in [5, 5.41) is 8.77. The number of nitriles is 1. The first kappa shape index (κ1) is 9.91. The van der Waals surface area contributed by atoms with Crippen LogP contribution in [0.1, 0.15) is 43.6 Å². The molecule has 4 nitrogen and oxygen atoms in total. The lowest BCUT2D eigenvalue weighted by atomic mass is 10.1. The number of rotatable bonds is 0. The van der Waals surface area contributed by atoms with Crippen molar-refractivity contribution in [3.8, 4) is 6.07 Å². The van der Waals surface area contributed by atoms with Gasteiger partial charge >= 0.3 is 0 Å². The SMILES string of the molecule is CC1CCCCc2ncc(C#N)c(=O)n21. The van der Waals surface area contributed by atoms with E-state index < -0.39 is 0 Å².